The minimum atomic E-state index is -0.407. The van der Waals surface area contributed by atoms with Crippen LogP contribution in [0.25, 0.3) is 16.9 Å². The van der Waals surface area contributed by atoms with E-state index in [9.17, 15) is 14.3 Å². The fraction of sp³-hybridized carbons (Fsp3) is 0.367. The molecule has 8 nitrogen and oxygen atoms in total. The van der Waals surface area contributed by atoms with Crippen LogP contribution in [0.2, 0.25) is 0 Å². The Bertz CT molecular complexity index is 1490. The lowest BCUT2D eigenvalue weighted by Gasteiger charge is -2.30. The number of amides is 1. The number of anilines is 1. The maximum atomic E-state index is 13.8. The van der Waals surface area contributed by atoms with Crippen molar-refractivity contribution in [3.63, 3.8) is 0 Å². The zero-order valence-corrected chi connectivity index (χ0v) is 22.5. The maximum absolute atomic E-state index is 13.8. The van der Waals surface area contributed by atoms with Crippen LogP contribution >= 0.6 is 0 Å². The molecular weight excluding hydrogens is 497 g/mol. The second-order valence-corrected chi connectivity index (χ2v) is 10.3. The molecule has 1 aliphatic rings. The SMILES string of the molecule is CCC(CC)(CO)CNc1cc(Oc2cccc(F)c2)nn2c(-c3ccc(C(=O)NC4CC4)c(C)c3)cnc12. The molecule has 0 radical (unpaired) electrons. The molecule has 2 aromatic carbocycles. The smallest absolute Gasteiger partial charge is 0.251 e. The van der Waals surface area contributed by atoms with Crippen molar-refractivity contribution in [3.05, 3.63) is 71.7 Å². The van der Waals surface area contributed by atoms with Crippen molar-refractivity contribution in [1.82, 2.24) is 19.9 Å². The molecule has 4 aromatic rings. The van der Waals surface area contributed by atoms with E-state index in [0.29, 0.717) is 29.2 Å². The molecule has 39 heavy (non-hydrogen) atoms. The monoisotopic (exact) mass is 531 g/mol. The Balaban J connectivity index is 1.53. The van der Waals surface area contributed by atoms with Gasteiger partial charge in [-0.25, -0.2) is 13.9 Å². The highest BCUT2D eigenvalue weighted by Gasteiger charge is 2.27. The van der Waals surface area contributed by atoms with Gasteiger partial charge in [0.1, 0.15) is 11.6 Å². The first-order chi connectivity index (χ1) is 18.8. The number of hydrogen-bond donors (Lipinski definition) is 3. The molecule has 204 valence electrons. The molecule has 0 unspecified atom stereocenters. The van der Waals surface area contributed by atoms with Gasteiger partial charge >= 0.3 is 0 Å². The molecule has 0 bridgehead atoms. The van der Waals surface area contributed by atoms with Gasteiger partial charge in [0.25, 0.3) is 5.91 Å². The van der Waals surface area contributed by atoms with E-state index in [2.05, 4.69) is 34.6 Å². The van der Waals surface area contributed by atoms with Crippen molar-refractivity contribution in [1.29, 1.82) is 0 Å². The van der Waals surface area contributed by atoms with Gasteiger partial charge in [-0.15, -0.1) is 5.10 Å². The van der Waals surface area contributed by atoms with Gasteiger partial charge in [-0.05, 0) is 62.4 Å². The average Bonchev–Trinajstić information content (AvgIpc) is 3.64. The van der Waals surface area contributed by atoms with Gasteiger partial charge in [0.15, 0.2) is 5.65 Å². The topological polar surface area (TPSA) is 101 Å². The minimum absolute atomic E-state index is 0.0562. The Hall–Kier alpha value is -3.98. The molecule has 1 fully saturated rings. The standard InChI is InChI=1S/C30H34FN5O3/c1-4-30(5-2,18-37)17-33-25-15-27(39-23-8-6-7-21(31)14-23)35-36-26(16-32-28(25)36)20-9-12-24(19(3)13-20)29(38)34-22-10-11-22/h6-9,12-16,22,33,37H,4-5,10-11,17-18H2,1-3H3,(H,34,38). The number of aliphatic hydroxyl groups excluding tert-OH is 1. The summed E-state index contributed by atoms with van der Waals surface area (Å²) in [5.41, 5.74) is 4.04. The Morgan fingerprint density at radius 2 is 1.97 bits per heavy atom. The summed E-state index contributed by atoms with van der Waals surface area (Å²) in [6.07, 6.45) is 5.41. The van der Waals surface area contributed by atoms with Gasteiger partial charge in [-0.1, -0.05) is 26.0 Å². The number of ether oxygens (including phenoxy) is 1. The highest BCUT2D eigenvalue weighted by molar-refractivity contribution is 5.96. The van der Waals surface area contributed by atoms with Crippen LogP contribution in [0, 0.1) is 18.2 Å². The van der Waals surface area contributed by atoms with Crippen LogP contribution in [0.4, 0.5) is 10.1 Å². The third-order valence-electron chi connectivity index (χ3n) is 7.63. The third-order valence-corrected chi connectivity index (χ3v) is 7.63. The van der Waals surface area contributed by atoms with Crippen molar-refractivity contribution in [2.75, 3.05) is 18.5 Å². The molecule has 2 heterocycles. The lowest BCUT2D eigenvalue weighted by molar-refractivity contribution is 0.0950. The number of carbonyl (C=O) groups is 1. The fourth-order valence-electron chi connectivity index (χ4n) is 4.60. The highest BCUT2D eigenvalue weighted by atomic mass is 19.1. The van der Waals surface area contributed by atoms with Crippen LogP contribution in [0.3, 0.4) is 0 Å². The summed E-state index contributed by atoms with van der Waals surface area (Å²) in [6, 6.07) is 13.6. The number of rotatable bonds is 11. The summed E-state index contributed by atoms with van der Waals surface area (Å²) < 4.78 is 21.5. The number of imidazole rings is 1. The molecule has 1 amide bonds. The molecule has 0 saturated heterocycles. The van der Waals surface area contributed by atoms with Crippen molar-refractivity contribution in [2.24, 2.45) is 5.41 Å². The van der Waals surface area contributed by atoms with E-state index in [4.69, 9.17) is 4.74 Å². The fourth-order valence-corrected chi connectivity index (χ4v) is 4.60. The number of benzene rings is 2. The maximum Gasteiger partial charge on any atom is 0.251 e. The van der Waals surface area contributed by atoms with E-state index in [1.807, 2.05) is 25.1 Å². The molecule has 0 spiro atoms. The predicted octanol–water partition coefficient (Wildman–Crippen LogP) is 5.74. The zero-order chi connectivity index (χ0) is 27.6. The normalized spacial score (nSPS) is 13.5. The number of nitrogens with zero attached hydrogens (tertiary/aromatic N) is 3. The van der Waals surface area contributed by atoms with E-state index >= 15 is 0 Å². The third kappa shape index (κ3) is 5.73. The number of halogens is 1. The largest absolute Gasteiger partial charge is 0.437 e. The van der Waals surface area contributed by atoms with Gasteiger partial charge in [-0.3, -0.25) is 4.79 Å². The van der Waals surface area contributed by atoms with Crippen LogP contribution in [0.15, 0.2) is 54.7 Å². The van der Waals surface area contributed by atoms with Gasteiger partial charge in [0.05, 0.1) is 24.2 Å². The molecule has 5 rings (SSSR count). The van der Waals surface area contributed by atoms with E-state index in [0.717, 1.165) is 42.5 Å². The summed E-state index contributed by atoms with van der Waals surface area (Å²) in [6.45, 7) is 6.62. The van der Waals surface area contributed by atoms with Crippen molar-refractivity contribution >= 4 is 17.2 Å². The summed E-state index contributed by atoms with van der Waals surface area (Å²) >= 11 is 0. The molecule has 1 saturated carbocycles. The zero-order valence-electron chi connectivity index (χ0n) is 22.5. The van der Waals surface area contributed by atoms with Gasteiger partial charge in [-0.2, -0.15) is 0 Å². The number of nitrogens with one attached hydrogen (secondary N) is 2. The molecule has 1 aliphatic carbocycles. The van der Waals surface area contributed by atoms with E-state index in [1.165, 1.54) is 12.1 Å². The number of aromatic nitrogens is 3. The first-order valence-electron chi connectivity index (χ1n) is 13.4. The van der Waals surface area contributed by atoms with Crippen LogP contribution in [-0.2, 0) is 0 Å². The molecular formula is C30H34FN5O3. The minimum Gasteiger partial charge on any atom is -0.437 e. The Kier molecular flexibility index (Phi) is 7.52. The lowest BCUT2D eigenvalue weighted by atomic mass is 9.83. The van der Waals surface area contributed by atoms with Crippen molar-refractivity contribution < 1.29 is 19.0 Å². The predicted molar refractivity (Wildman–Crippen MR) is 149 cm³/mol. The molecule has 9 heteroatoms. The number of aliphatic hydroxyl groups is 1. The first-order valence-corrected chi connectivity index (χ1v) is 13.4. The lowest BCUT2D eigenvalue weighted by Crippen LogP contribution is -2.32. The van der Waals surface area contributed by atoms with Crippen molar-refractivity contribution in [3.8, 4) is 22.9 Å². The van der Waals surface area contributed by atoms with Gasteiger partial charge < -0.3 is 20.5 Å². The Morgan fingerprint density at radius 3 is 2.64 bits per heavy atom. The van der Waals surface area contributed by atoms with Gasteiger partial charge in [0.2, 0.25) is 5.88 Å². The summed E-state index contributed by atoms with van der Waals surface area (Å²) in [7, 11) is 0. The van der Waals surface area contributed by atoms with E-state index in [1.54, 1.807) is 28.9 Å². The number of hydrogen-bond acceptors (Lipinski definition) is 6. The number of carbonyl (C=O) groups excluding carboxylic acids is 1. The number of aryl methyl sites for hydroxylation is 1. The summed E-state index contributed by atoms with van der Waals surface area (Å²) in [4.78, 5) is 17.3. The molecule has 0 aliphatic heterocycles. The van der Waals surface area contributed by atoms with E-state index < -0.39 is 5.82 Å². The summed E-state index contributed by atoms with van der Waals surface area (Å²) in [5, 5.41) is 21.2. The molecule has 3 N–H and O–H groups in total. The van der Waals surface area contributed by atoms with Gasteiger partial charge in [0, 0.05) is 41.3 Å². The van der Waals surface area contributed by atoms with Crippen molar-refractivity contribution in [2.45, 2.75) is 52.5 Å². The van der Waals surface area contributed by atoms with Crippen LogP contribution < -0.4 is 15.4 Å². The average molecular weight is 532 g/mol. The van der Waals surface area contributed by atoms with Crippen LogP contribution in [0.5, 0.6) is 11.6 Å². The Morgan fingerprint density at radius 1 is 1.18 bits per heavy atom. The highest BCUT2D eigenvalue weighted by Crippen LogP contribution is 2.32. The van der Waals surface area contributed by atoms with E-state index in [-0.39, 0.29) is 29.9 Å². The van der Waals surface area contributed by atoms with Crippen LogP contribution in [-0.4, -0.2) is 44.8 Å². The number of fused-ring (bicyclic) bond motifs is 1. The second kappa shape index (κ2) is 11.0. The summed E-state index contributed by atoms with van der Waals surface area (Å²) in [5.74, 6) is 0.113. The quantitative estimate of drug-likeness (QED) is 0.228. The molecule has 2 aromatic heterocycles. The first kappa shape index (κ1) is 26.6. The van der Waals surface area contributed by atoms with Crippen LogP contribution in [0.1, 0.15) is 55.5 Å². The molecule has 0 atom stereocenters. The second-order valence-electron chi connectivity index (χ2n) is 10.3. The Labute approximate surface area is 227 Å².